The summed E-state index contributed by atoms with van der Waals surface area (Å²) in [5.41, 5.74) is 2.43. The molecule has 1 heterocycles. The second-order valence-electron chi connectivity index (χ2n) is 6.88. The SMILES string of the molecule is Cc1cc(C)c(C(=O)O[C@@H](C)C(=O)c2ccc(NC(=O)C(C)C)cc2)c(Cl)n1. The fraction of sp³-hybridized carbons (Fsp3) is 0.333. The Morgan fingerprint density at radius 1 is 1.07 bits per heavy atom. The van der Waals surface area contributed by atoms with Crippen LogP contribution in [0, 0.1) is 19.8 Å². The molecule has 2 rings (SSSR count). The highest BCUT2D eigenvalue weighted by atomic mass is 35.5. The first-order valence-electron chi connectivity index (χ1n) is 8.90. The van der Waals surface area contributed by atoms with Crippen LogP contribution in [0.3, 0.4) is 0 Å². The van der Waals surface area contributed by atoms with Crippen molar-refractivity contribution in [1.82, 2.24) is 4.98 Å². The summed E-state index contributed by atoms with van der Waals surface area (Å²) in [4.78, 5) is 40.8. The van der Waals surface area contributed by atoms with Gasteiger partial charge in [-0.2, -0.15) is 0 Å². The first-order chi connectivity index (χ1) is 13.1. The standard InChI is InChI=1S/C21H23ClN2O4/c1-11(2)20(26)24-16-8-6-15(7-9-16)18(25)14(5)28-21(27)17-12(3)10-13(4)23-19(17)22/h6-11,14H,1-5H3,(H,24,26)/t14-/m0/s1. The monoisotopic (exact) mass is 402 g/mol. The maximum Gasteiger partial charge on any atom is 0.342 e. The van der Waals surface area contributed by atoms with Crippen LogP contribution in [0.5, 0.6) is 0 Å². The molecule has 7 heteroatoms. The number of nitrogens with one attached hydrogen (secondary N) is 1. The van der Waals surface area contributed by atoms with Crippen LogP contribution >= 0.6 is 11.6 Å². The second kappa shape index (κ2) is 8.97. The van der Waals surface area contributed by atoms with Crippen LogP contribution in [0.1, 0.15) is 52.7 Å². The summed E-state index contributed by atoms with van der Waals surface area (Å²) in [5, 5.41) is 2.80. The van der Waals surface area contributed by atoms with E-state index < -0.39 is 12.1 Å². The molecule has 0 saturated heterocycles. The minimum absolute atomic E-state index is 0.0485. The maximum atomic E-state index is 12.6. The Kier molecular flexibility index (Phi) is 6.91. The number of nitrogens with zero attached hydrogens (tertiary/aromatic N) is 1. The van der Waals surface area contributed by atoms with E-state index in [0.29, 0.717) is 22.5 Å². The lowest BCUT2D eigenvalue weighted by Crippen LogP contribution is -2.25. The van der Waals surface area contributed by atoms with Crippen LogP contribution in [0.25, 0.3) is 0 Å². The number of ether oxygens (including phenoxy) is 1. The zero-order valence-corrected chi connectivity index (χ0v) is 17.3. The molecular formula is C21H23ClN2O4. The fourth-order valence-corrected chi connectivity index (χ4v) is 2.91. The number of carbonyl (C=O) groups is 3. The molecule has 1 aromatic carbocycles. The Labute approximate surface area is 169 Å². The van der Waals surface area contributed by atoms with E-state index in [1.54, 1.807) is 58.0 Å². The van der Waals surface area contributed by atoms with Crippen molar-refractivity contribution in [1.29, 1.82) is 0 Å². The molecule has 148 valence electrons. The molecule has 0 spiro atoms. The second-order valence-corrected chi connectivity index (χ2v) is 7.24. The van der Waals surface area contributed by atoms with E-state index >= 15 is 0 Å². The Morgan fingerprint density at radius 3 is 2.21 bits per heavy atom. The number of rotatable bonds is 6. The lowest BCUT2D eigenvalue weighted by Gasteiger charge is -2.15. The fourth-order valence-electron chi connectivity index (χ4n) is 2.55. The maximum absolute atomic E-state index is 12.6. The van der Waals surface area contributed by atoms with Gasteiger partial charge in [0.05, 0.1) is 5.56 Å². The van der Waals surface area contributed by atoms with Crippen LogP contribution in [0.15, 0.2) is 30.3 Å². The molecule has 0 aliphatic rings. The summed E-state index contributed by atoms with van der Waals surface area (Å²) < 4.78 is 5.30. The van der Waals surface area contributed by atoms with Crippen LogP contribution in [0.4, 0.5) is 5.69 Å². The van der Waals surface area contributed by atoms with Crippen molar-refractivity contribution < 1.29 is 19.1 Å². The van der Waals surface area contributed by atoms with Crippen molar-refractivity contribution in [2.75, 3.05) is 5.32 Å². The van der Waals surface area contributed by atoms with Crippen molar-refractivity contribution in [3.05, 3.63) is 57.9 Å². The average molecular weight is 403 g/mol. The largest absolute Gasteiger partial charge is 0.451 e. The number of carbonyl (C=O) groups excluding carboxylic acids is 3. The number of halogens is 1. The Bertz CT molecular complexity index is 884. The van der Waals surface area contributed by atoms with Crippen LogP contribution in [-0.4, -0.2) is 28.7 Å². The predicted octanol–water partition coefficient (Wildman–Crippen LogP) is 4.37. The molecule has 0 bridgehead atoms. The molecule has 0 aliphatic heterocycles. The molecule has 1 aromatic heterocycles. The van der Waals surface area contributed by atoms with E-state index in [9.17, 15) is 14.4 Å². The van der Waals surface area contributed by atoms with Gasteiger partial charge in [-0.05, 0) is 56.7 Å². The van der Waals surface area contributed by atoms with Gasteiger partial charge < -0.3 is 10.1 Å². The minimum atomic E-state index is -1.000. The van der Waals surface area contributed by atoms with Crippen molar-refractivity contribution in [3.63, 3.8) is 0 Å². The highest BCUT2D eigenvalue weighted by Crippen LogP contribution is 2.21. The van der Waals surface area contributed by atoms with Crippen molar-refractivity contribution >= 4 is 34.9 Å². The number of pyridine rings is 1. The van der Waals surface area contributed by atoms with E-state index in [1.807, 2.05) is 0 Å². The first-order valence-corrected chi connectivity index (χ1v) is 9.27. The van der Waals surface area contributed by atoms with Gasteiger partial charge in [0.2, 0.25) is 11.7 Å². The van der Waals surface area contributed by atoms with E-state index in [1.165, 1.54) is 6.92 Å². The van der Waals surface area contributed by atoms with E-state index in [2.05, 4.69) is 10.3 Å². The van der Waals surface area contributed by atoms with E-state index in [4.69, 9.17) is 16.3 Å². The van der Waals surface area contributed by atoms with Gasteiger partial charge in [-0.15, -0.1) is 0 Å². The van der Waals surface area contributed by atoms with Crippen molar-refractivity contribution in [2.45, 2.75) is 40.7 Å². The smallest absolute Gasteiger partial charge is 0.342 e. The van der Waals surface area contributed by atoms with Crippen molar-refractivity contribution in [3.8, 4) is 0 Å². The van der Waals surface area contributed by atoms with Gasteiger partial charge in [-0.1, -0.05) is 25.4 Å². The number of hydrogen-bond acceptors (Lipinski definition) is 5. The molecule has 1 N–H and O–H groups in total. The molecule has 28 heavy (non-hydrogen) atoms. The molecule has 1 amide bonds. The number of aryl methyl sites for hydroxylation is 2. The molecule has 6 nitrogen and oxygen atoms in total. The van der Waals surface area contributed by atoms with Crippen LogP contribution in [0.2, 0.25) is 5.15 Å². The lowest BCUT2D eigenvalue weighted by molar-refractivity contribution is -0.118. The summed E-state index contributed by atoms with van der Waals surface area (Å²) in [6.45, 7) is 8.59. The van der Waals surface area contributed by atoms with Gasteiger partial charge in [0.1, 0.15) is 5.15 Å². The minimum Gasteiger partial charge on any atom is -0.451 e. The summed E-state index contributed by atoms with van der Waals surface area (Å²) in [5.74, 6) is -1.31. The number of Topliss-reactive ketones (excluding diaryl/α,β-unsaturated/α-hetero) is 1. The van der Waals surface area contributed by atoms with Gasteiger partial charge in [-0.3, -0.25) is 9.59 Å². The van der Waals surface area contributed by atoms with Crippen LogP contribution in [-0.2, 0) is 9.53 Å². The number of anilines is 1. The van der Waals surface area contributed by atoms with Gasteiger partial charge in [0.15, 0.2) is 6.10 Å². The number of aromatic nitrogens is 1. The molecular weight excluding hydrogens is 380 g/mol. The number of esters is 1. The lowest BCUT2D eigenvalue weighted by atomic mass is 10.1. The molecule has 0 saturated carbocycles. The number of hydrogen-bond donors (Lipinski definition) is 1. The summed E-state index contributed by atoms with van der Waals surface area (Å²) in [6, 6.07) is 8.14. The van der Waals surface area contributed by atoms with Gasteiger partial charge in [0, 0.05) is 22.9 Å². The first kappa shape index (κ1) is 21.6. The molecule has 0 unspecified atom stereocenters. The van der Waals surface area contributed by atoms with Gasteiger partial charge >= 0.3 is 5.97 Å². The highest BCUT2D eigenvalue weighted by molar-refractivity contribution is 6.32. The zero-order chi connectivity index (χ0) is 21.0. The Balaban J connectivity index is 2.08. The summed E-state index contributed by atoms with van der Waals surface area (Å²) in [6.07, 6.45) is -1.000. The summed E-state index contributed by atoms with van der Waals surface area (Å²) in [7, 11) is 0. The number of ketones is 1. The Morgan fingerprint density at radius 2 is 1.68 bits per heavy atom. The average Bonchev–Trinajstić information content (AvgIpc) is 2.60. The third-order valence-corrected chi connectivity index (χ3v) is 4.39. The number of amides is 1. The van der Waals surface area contributed by atoms with Gasteiger partial charge in [-0.25, -0.2) is 9.78 Å². The Hall–Kier alpha value is -2.73. The molecule has 0 aliphatic carbocycles. The quantitative estimate of drug-likeness (QED) is 0.440. The van der Waals surface area contributed by atoms with E-state index in [-0.39, 0.29) is 28.3 Å². The van der Waals surface area contributed by atoms with Crippen molar-refractivity contribution in [2.24, 2.45) is 5.92 Å². The van der Waals surface area contributed by atoms with Crippen LogP contribution < -0.4 is 5.32 Å². The highest BCUT2D eigenvalue weighted by Gasteiger charge is 2.24. The molecule has 2 aromatic rings. The summed E-state index contributed by atoms with van der Waals surface area (Å²) >= 11 is 6.06. The third-order valence-electron chi connectivity index (χ3n) is 4.12. The topological polar surface area (TPSA) is 85.4 Å². The predicted molar refractivity (Wildman–Crippen MR) is 108 cm³/mol. The molecule has 1 atom stereocenters. The third kappa shape index (κ3) is 5.16. The molecule has 0 radical (unpaired) electrons. The number of benzene rings is 1. The van der Waals surface area contributed by atoms with Gasteiger partial charge in [0.25, 0.3) is 0 Å². The van der Waals surface area contributed by atoms with E-state index in [0.717, 1.165) is 0 Å². The zero-order valence-electron chi connectivity index (χ0n) is 16.5. The normalized spacial score (nSPS) is 11.8. The molecule has 0 fully saturated rings.